The summed E-state index contributed by atoms with van der Waals surface area (Å²) in [6.45, 7) is 1.77. The fourth-order valence-corrected chi connectivity index (χ4v) is 4.53. The molecule has 4 rings (SSSR count). The zero-order valence-electron chi connectivity index (χ0n) is 16.2. The molecule has 0 aliphatic carbocycles. The Bertz CT molecular complexity index is 1050. The molecule has 1 aromatic heterocycles. The van der Waals surface area contributed by atoms with E-state index >= 15 is 0 Å². The van der Waals surface area contributed by atoms with Gasteiger partial charge in [0.2, 0.25) is 5.91 Å². The Morgan fingerprint density at radius 2 is 1.73 bits per heavy atom. The highest BCUT2D eigenvalue weighted by atomic mass is 79.9. The summed E-state index contributed by atoms with van der Waals surface area (Å²) in [7, 11) is 0. The van der Waals surface area contributed by atoms with Gasteiger partial charge >= 0.3 is 0 Å². The maximum absolute atomic E-state index is 12.7. The molecule has 1 fully saturated rings. The number of amides is 1. The summed E-state index contributed by atoms with van der Waals surface area (Å²) < 4.78 is 2.66. The number of halogens is 3. The van der Waals surface area contributed by atoms with E-state index in [4.69, 9.17) is 28.2 Å². The van der Waals surface area contributed by atoms with Crippen molar-refractivity contribution in [3.05, 3.63) is 68.9 Å². The highest BCUT2D eigenvalue weighted by molar-refractivity contribution is 9.10. The first-order valence-corrected chi connectivity index (χ1v) is 11.4. The summed E-state index contributed by atoms with van der Waals surface area (Å²) in [6, 6.07) is 15.0. The van der Waals surface area contributed by atoms with Crippen LogP contribution in [0.3, 0.4) is 0 Å². The summed E-state index contributed by atoms with van der Waals surface area (Å²) in [4.78, 5) is 17.5. The molecule has 0 unspecified atom stereocenters. The molecule has 8 heteroatoms. The zero-order chi connectivity index (χ0) is 21.1. The van der Waals surface area contributed by atoms with E-state index in [2.05, 4.69) is 21.4 Å². The molecule has 2 aromatic carbocycles. The van der Waals surface area contributed by atoms with E-state index in [0.29, 0.717) is 26.2 Å². The van der Waals surface area contributed by atoms with Crippen molar-refractivity contribution >= 4 is 45.0 Å². The summed E-state index contributed by atoms with van der Waals surface area (Å²) in [6.07, 6.45) is 3.58. The molecule has 0 bridgehead atoms. The van der Waals surface area contributed by atoms with Gasteiger partial charge in [0.05, 0.1) is 17.1 Å². The number of imidazole rings is 1. The number of rotatable bonds is 5. The molecule has 1 N–H and O–H groups in total. The number of nitrogens with zero attached hydrogens (tertiary/aromatic N) is 3. The molecular formula is C22H21BrCl2N4O. The highest BCUT2D eigenvalue weighted by Gasteiger charge is 2.22. The summed E-state index contributed by atoms with van der Waals surface area (Å²) in [5.41, 5.74) is 5.31. The quantitative estimate of drug-likeness (QED) is 0.484. The minimum atomic E-state index is -0.0796. The van der Waals surface area contributed by atoms with Gasteiger partial charge in [-0.1, -0.05) is 41.8 Å². The molecule has 1 aliphatic rings. The number of nitrogens with one attached hydrogen (secondary N) is 1. The second-order valence-corrected chi connectivity index (χ2v) is 8.82. The first-order chi connectivity index (χ1) is 14.5. The molecule has 0 atom stereocenters. The maximum Gasteiger partial charge on any atom is 0.240 e. The van der Waals surface area contributed by atoms with Crippen molar-refractivity contribution in [2.75, 3.05) is 13.1 Å². The number of hydrazine groups is 1. The second-order valence-electron chi connectivity index (χ2n) is 7.22. The topological polar surface area (TPSA) is 50.2 Å². The molecule has 3 aromatic rings. The largest absolute Gasteiger partial charge is 0.289 e. The lowest BCUT2D eigenvalue weighted by atomic mass is 10.2. The molecule has 0 saturated carbocycles. The number of benzene rings is 2. The normalized spacial score (nSPS) is 14.6. The van der Waals surface area contributed by atoms with Gasteiger partial charge in [-0.2, -0.15) is 0 Å². The summed E-state index contributed by atoms with van der Waals surface area (Å²) in [5, 5.41) is 3.23. The van der Waals surface area contributed by atoms with Crippen LogP contribution >= 0.6 is 39.1 Å². The van der Waals surface area contributed by atoms with Crippen LogP contribution in [0.5, 0.6) is 0 Å². The smallest absolute Gasteiger partial charge is 0.240 e. The number of carbonyl (C=O) groups is 1. The third-order valence-corrected chi connectivity index (χ3v) is 6.45. The van der Waals surface area contributed by atoms with Crippen LogP contribution in [-0.2, 0) is 11.2 Å². The van der Waals surface area contributed by atoms with Gasteiger partial charge in [-0.25, -0.2) is 9.99 Å². The number of hydrogen-bond acceptors (Lipinski definition) is 3. The number of hydrogen-bond donors (Lipinski definition) is 1. The fourth-order valence-electron chi connectivity index (χ4n) is 3.58. The van der Waals surface area contributed by atoms with E-state index in [1.807, 2.05) is 58.1 Å². The van der Waals surface area contributed by atoms with E-state index in [9.17, 15) is 4.79 Å². The fraction of sp³-hybridized carbons (Fsp3) is 0.273. The minimum absolute atomic E-state index is 0.0796. The number of piperidine rings is 1. The van der Waals surface area contributed by atoms with Crippen molar-refractivity contribution in [1.82, 2.24) is 20.0 Å². The third-order valence-electron chi connectivity index (χ3n) is 5.05. The van der Waals surface area contributed by atoms with Crippen molar-refractivity contribution in [2.45, 2.75) is 25.7 Å². The average molecular weight is 508 g/mol. The van der Waals surface area contributed by atoms with E-state index in [-0.39, 0.29) is 12.3 Å². The molecule has 1 aliphatic heterocycles. The Balaban J connectivity index is 1.69. The van der Waals surface area contributed by atoms with Gasteiger partial charge in [0.15, 0.2) is 0 Å². The standard InChI is InChI=1S/C22H21BrCl2N4O/c23-21-19(14-20(30)27-28-12-4-1-5-13-28)26-22(17-6-2-3-7-18(17)25)29(21)16-10-8-15(24)9-11-16/h2-3,6-11H,1,4-5,12-14H2,(H,27,30). The van der Waals surface area contributed by atoms with Crippen LogP contribution < -0.4 is 5.43 Å². The van der Waals surface area contributed by atoms with E-state index in [0.717, 1.165) is 37.2 Å². The lowest BCUT2D eigenvalue weighted by Crippen LogP contribution is -2.45. The monoisotopic (exact) mass is 506 g/mol. The molecular weight excluding hydrogens is 487 g/mol. The highest BCUT2D eigenvalue weighted by Crippen LogP contribution is 2.34. The van der Waals surface area contributed by atoms with Gasteiger partial charge in [-0.05, 0) is 65.2 Å². The van der Waals surface area contributed by atoms with Crippen LogP contribution in [0.1, 0.15) is 25.0 Å². The van der Waals surface area contributed by atoms with Crippen molar-refractivity contribution in [3.63, 3.8) is 0 Å². The van der Waals surface area contributed by atoms with Crippen LogP contribution in [0, 0.1) is 0 Å². The second kappa shape index (κ2) is 9.52. The average Bonchev–Trinajstić information content (AvgIpc) is 3.05. The predicted molar refractivity (Wildman–Crippen MR) is 124 cm³/mol. The van der Waals surface area contributed by atoms with Crippen LogP contribution in [0.2, 0.25) is 10.0 Å². The lowest BCUT2D eigenvalue weighted by Gasteiger charge is -2.26. The van der Waals surface area contributed by atoms with Crippen LogP contribution in [0.25, 0.3) is 17.1 Å². The summed E-state index contributed by atoms with van der Waals surface area (Å²) in [5.74, 6) is 0.583. The van der Waals surface area contributed by atoms with Crippen LogP contribution in [0.4, 0.5) is 0 Å². The van der Waals surface area contributed by atoms with Crippen LogP contribution in [0.15, 0.2) is 53.1 Å². The van der Waals surface area contributed by atoms with Gasteiger partial charge in [-0.15, -0.1) is 0 Å². The Kier molecular flexibility index (Phi) is 6.78. The van der Waals surface area contributed by atoms with Gasteiger partial charge in [0, 0.05) is 29.4 Å². The Morgan fingerprint density at radius 1 is 1.03 bits per heavy atom. The SMILES string of the molecule is O=C(Cc1nc(-c2ccccc2Cl)n(-c2ccc(Cl)cc2)c1Br)NN1CCCCC1. The van der Waals surface area contributed by atoms with Crippen molar-refractivity contribution in [3.8, 4) is 17.1 Å². The molecule has 0 radical (unpaired) electrons. The Labute approximate surface area is 194 Å². The van der Waals surface area contributed by atoms with Crippen LogP contribution in [-0.4, -0.2) is 33.6 Å². The first-order valence-electron chi connectivity index (χ1n) is 9.85. The molecule has 156 valence electrons. The summed E-state index contributed by atoms with van der Waals surface area (Å²) >= 11 is 16.2. The molecule has 5 nitrogen and oxygen atoms in total. The molecule has 0 spiro atoms. The van der Waals surface area contributed by atoms with E-state index in [1.54, 1.807) is 0 Å². The first kappa shape index (κ1) is 21.4. The zero-order valence-corrected chi connectivity index (χ0v) is 19.3. The lowest BCUT2D eigenvalue weighted by molar-refractivity contribution is -0.125. The molecule has 1 saturated heterocycles. The van der Waals surface area contributed by atoms with Gasteiger partial charge in [0.1, 0.15) is 10.4 Å². The van der Waals surface area contributed by atoms with Crippen molar-refractivity contribution < 1.29 is 4.79 Å². The maximum atomic E-state index is 12.7. The van der Waals surface area contributed by atoms with Gasteiger partial charge in [0.25, 0.3) is 0 Å². The van der Waals surface area contributed by atoms with Crippen molar-refractivity contribution in [2.24, 2.45) is 0 Å². The van der Waals surface area contributed by atoms with Gasteiger partial charge in [-0.3, -0.25) is 14.8 Å². The number of aromatic nitrogens is 2. The number of carbonyl (C=O) groups excluding carboxylic acids is 1. The van der Waals surface area contributed by atoms with Gasteiger partial charge < -0.3 is 0 Å². The van der Waals surface area contributed by atoms with Crippen molar-refractivity contribution in [1.29, 1.82) is 0 Å². The third kappa shape index (κ3) is 4.72. The molecule has 2 heterocycles. The Hall–Kier alpha value is -1.86. The minimum Gasteiger partial charge on any atom is -0.289 e. The predicted octanol–water partition coefficient (Wildman–Crippen LogP) is 5.67. The molecule has 1 amide bonds. The van der Waals surface area contributed by atoms with E-state index < -0.39 is 0 Å². The Morgan fingerprint density at radius 3 is 2.43 bits per heavy atom. The van der Waals surface area contributed by atoms with E-state index in [1.165, 1.54) is 6.42 Å². The molecule has 30 heavy (non-hydrogen) atoms.